The summed E-state index contributed by atoms with van der Waals surface area (Å²) < 4.78 is 4.93. The van der Waals surface area contributed by atoms with Crippen LogP contribution in [0.1, 0.15) is 0 Å². The Bertz CT molecular complexity index is 3600. The van der Waals surface area contributed by atoms with Crippen LogP contribution >= 0.6 is 11.3 Å². The average Bonchev–Trinajstić information content (AvgIpc) is 3.92. The predicted octanol–water partition coefficient (Wildman–Crippen LogP) is 17.3. The molecule has 0 saturated carbocycles. The minimum atomic E-state index is 1.09. The van der Waals surface area contributed by atoms with Crippen molar-refractivity contribution in [2.75, 3.05) is 4.90 Å². The molecule has 2 heterocycles. The van der Waals surface area contributed by atoms with E-state index in [9.17, 15) is 0 Å². The molecule has 0 atom stereocenters. The van der Waals surface area contributed by atoms with Crippen molar-refractivity contribution in [3.63, 3.8) is 0 Å². The van der Waals surface area contributed by atoms with Gasteiger partial charge in [-0.3, -0.25) is 0 Å². The highest BCUT2D eigenvalue weighted by Crippen LogP contribution is 2.51. The van der Waals surface area contributed by atoms with Crippen molar-refractivity contribution in [2.45, 2.75) is 0 Å². The van der Waals surface area contributed by atoms with Crippen molar-refractivity contribution in [1.29, 1.82) is 0 Å². The van der Waals surface area contributed by atoms with Crippen LogP contribution in [-0.4, -0.2) is 4.57 Å². The van der Waals surface area contributed by atoms with Gasteiger partial charge in [0.05, 0.1) is 27.1 Å². The minimum absolute atomic E-state index is 1.09. The number of para-hydroxylation sites is 2. The Balaban J connectivity index is 1.11. The molecule has 0 spiro atoms. The fourth-order valence-electron chi connectivity index (χ4n) is 9.66. The molecule has 12 aromatic rings. The van der Waals surface area contributed by atoms with Gasteiger partial charge in [0.15, 0.2) is 0 Å². The van der Waals surface area contributed by atoms with Gasteiger partial charge < -0.3 is 9.47 Å². The second-order valence-corrected chi connectivity index (χ2v) is 17.1. The molecule has 0 fully saturated rings. The van der Waals surface area contributed by atoms with Gasteiger partial charge in [-0.25, -0.2) is 0 Å². The van der Waals surface area contributed by atoms with Crippen molar-refractivity contribution in [2.24, 2.45) is 0 Å². The second kappa shape index (κ2) is 15.5. The molecule has 0 bridgehead atoms. The highest BCUT2D eigenvalue weighted by molar-refractivity contribution is 7.26. The zero-order chi connectivity index (χ0) is 41.7. The SMILES string of the molecule is c1ccc(-c2ccccc2-c2c(-c3ccccc3)cccc2N(c2ccc(-c3cccc4c3c3ccccc3n4-c3ccccc3)cc2)c2cccc3c2sc2ccccc23)cc1. The average molecular weight is 821 g/mol. The Morgan fingerprint density at radius 2 is 0.857 bits per heavy atom. The van der Waals surface area contributed by atoms with Crippen LogP contribution in [0.2, 0.25) is 0 Å². The monoisotopic (exact) mass is 820 g/mol. The van der Waals surface area contributed by atoms with Crippen molar-refractivity contribution >= 4 is 70.4 Å². The van der Waals surface area contributed by atoms with E-state index in [1.807, 2.05) is 11.3 Å². The lowest BCUT2D eigenvalue weighted by Gasteiger charge is -2.30. The Morgan fingerprint density at radius 3 is 1.63 bits per heavy atom. The maximum atomic E-state index is 2.51. The number of hydrogen-bond donors (Lipinski definition) is 0. The number of fused-ring (bicyclic) bond motifs is 6. The van der Waals surface area contributed by atoms with E-state index in [0.717, 1.165) is 22.7 Å². The largest absolute Gasteiger partial charge is 0.309 e. The van der Waals surface area contributed by atoms with Crippen LogP contribution in [0, 0.1) is 0 Å². The number of thiophene rings is 1. The fourth-order valence-corrected chi connectivity index (χ4v) is 10.9. The first-order valence-corrected chi connectivity index (χ1v) is 22.3. The third-order valence-corrected chi connectivity index (χ3v) is 13.6. The van der Waals surface area contributed by atoms with Crippen molar-refractivity contribution < 1.29 is 0 Å². The molecule has 10 aromatic carbocycles. The molecule has 0 radical (unpaired) electrons. The first kappa shape index (κ1) is 36.8. The third kappa shape index (κ3) is 6.24. The van der Waals surface area contributed by atoms with Gasteiger partial charge in [-0.2, -0.15) is 0 Å². The van der Waals surface area contributed by atoms with Crippen LogP contribution in [0.4, 0.5) is 17.1 Å². The van der Waals surface area contributed by atoms with E-state index in [1.54, 1.807) is 0 Å². The molecule has 0 aliphatic carbocycles. The van der Waals surface area contributed by atoms with Crippen LogP contribution in [0.5, 0.6) is 0 Å². The van der Waals surface area contributed by atoms with E-state index < -0.39 is 0 Å². The van der Waals surface area contributed by atoms with Gasteiger partial charge in [0.25, 0.3) is 0 Å². The van der Waals surface area contributed by atoms with Gasteiger partial charge in [-0.15, -0.1) is 11.3 Å². The van der Waals surface area contributed by atoms with Gasteiger partial charge in [0, 0.05) is 43.2 Å². The molecule has 0 aliphatic rings. The molecule has 0 N–H and O–H groups in total. The summed E-state index contributed by atoms with van der Waals surface area (Å²) in [5, 5.41) is 5.05. The standard InChI is InChI=1S/C60H40N2S/c1-4-19-41(20-5-1)46-25-10-11-27-50(46)58-47(42-21-6-2-7-22-42)29-16-33-54(58)62(56-35-18-31-51-49-26-13-15-36-57(49)63-60(51)56)45-39-37-43(38-40-45)48-30-17-34-55-59(48)52-28-12-14-32-53(52)61(55)44-23-8-3-9-24-44/h1-40H. The summed E-state index contributed by atoms with van der Waals surface area (Å²) in [6, 6.07) is 88.4. The van der Waals surface area contributed by atoms with E-state index in [4.69, 9.17) is 0 Å². The molecule has 0 aliphatic heterocycles. The molecule has 3 heteroatoms. The number of benzene rings is 10. The summed E-state index contributed by atoms with van der Waals surface area (Å²) >= 11 is 1.87. The number of rotatable bonds is 8. The van der Waals surface area contributed by atoms with Crippen LogP contribution in [-0.2, 0) is 0 Å². The number of aromatic nitrogens is 1. The lowest BCUT2D eigenvalue weighted by molar-refractivity contribution is 1.18. The lowest BCUT2D eigenvalue weighted by atomic mass is 9.87. The molecule has 2 nitrogen and oxygen atoms in total. The normalized spacial score (nSPS) is 11.5. The van der Waals surface area contributed by atoms with Gasteiger partial charge >= 0.3 is 0 Å². The van der Waals surface area contributed by atoms with E-state index in [1.165, 1.54) is 86.5 Å². The molecule has 0 saturated heterocycles. The summed E-state index contributed by atoms with van der Waals surface area (Å²) in [5.41, 5.74) is 16.4. The highest BCUT2D eigenvalue weighted by Gasteiger charge is 2.25. The van der Waals surface area contributed by atoms with E-state index in [2.05, 4.69) is 252 Å². The van der Waals surface area contributed by atoms with Crippen molar-refractivity contribution in [1.82, 2.24) is 4.57 Å². The summed E-state index contributed by atoms with van der Waals surface area (Å²) in [6.45, 7) is 0. The van der Waals surface area contributed by atoms with Crippen LogP contribution in [0.15, 0.2) is 243 Å². The Hall–Kier alpha value is -7.98. The predicted molar refractivity (Wildman–Crippen MR) is 270 cm³/mol. The van der Waals surface area contributed by atoms with E-state index >= 15 is 0 Å². The highest BCUT2D eigenvalue weighted by atomic mass is 32.1. The van der Waals surface area contributed by atoms with Gasteiger partial charge in [-0.05, 0) is 93.5 Å². The molecule has 63 heavy (non-hydrogen) atoms. The van der Waals surface area contributed by atoms with Gasteiger partial charge in [0.2, 0.25) is 0 Å². The Labute approximate surface area is 370 Å². The van der Waals surface area contributed by atoms with Crippen molar-refractivity contribution in [3.8, 4) is 50.2 Å². The van der Waals surface area contributed by atoms with Gasteiger partial charge in [-0.1, -0.05) is 188 Å². The molecular formula is C60H40N2S. The zero-order valence-corrected chi connectivity index (χ0v) is 35.2. The van der Waals surface area contributed by atoms with Crippen LogP contribution in [0.25, 0.3) is 92.2 Å². The van der Waals surface area contributed by atoms with E-state index in [0.29, 0.717) is 0 Å². The molecule has 0 unspecified atom stereocenters. The maximum Gasteiger partial charge on any atom is 0.0640 e. The van der Waals surface area contributed by atoms with Gasteiger partial charge in [0.1, 0.15) is 0 Å². The lowest BCUT2D eigenvalue weighted by Crippen LogP contribution is -2.12. The van der Waals surface area contributed by atoms with Crippen LogP contribution < -0.4 is 4.90 Å². The summed E-state index contributed by atoms with van der Waals surface area (Å²) in [4.78, 5) is 2.51. The number of hydrogen-bond acceptors (Lipinski definition) is 2. The minimum Gasteiger partial charge on any atom is -0.309 e. The maximum absolute atomic E-state index is 2.51. The quantitative estimate of drug-likeness (QED) is 0.148. The summed E-state index contributed by atoms with van der Waals surface area (Å²) in [6.07, 6.45) is 0. The summed E-state index contributed by atoms with van der Waals surface area (Å²) in [5.74, 6) is 0. The second-order valence-electron chi connectivity index (χ2n) is 16.0. The fraction of sp³-hybridized carbons (Fsp3) is 0. The third-order valence-electron chi connectivity index (χ3n) is 12.4. The van der Waals surface area contributed by atoms with Crippen molar-refractivity contribution in [3.05, 3.63) is 243 Å². The first-order valence-electron chi connectivity index (χ1n) is 21.5. The number of anilines is 3. The molecule has 296 valence electrons. The molecule has 2 aromatic heterocycles. The molecule has 12 rings (SSSR count). The Kier molecular flexibility index (Phi) is 9.06. The smallest absolute Gasteiger partial charge is 0.0640 e. The van der Waals surface area contributed by atoms with E-state index in [-0.39, 0.29) is 0 Å². The molecular weight excluding hydrogens is 781 g/mol. The zero-order valence-electron chi connectivity index (χ0n) is 34.4. The summed E-state index contributed by atoms with van der Waals surface area (Å²) in [7, 11) is 0. The topological polar surface area (TPSA) is 8.17 Å². The molecule has 0 amide bonds. The number of nitrogens with zero attached hydrogens (tertiary/aromatic N) is 2. The first-order chi connectivity index (χ1) is 31.3. The Morgan fingerprint density at radius 1 is 0.333 bits per heavy atom. The van der Waals surface area contributed by atoms with Crippen LogP contribution in [0.3, 0.4) is 0 Å².